The Labute approximate surface area is 119 Å². The molecule has 2 aromatic carbocycles. The second-order valence-corrected chi connectivity index (χ2v) is 5.00. The van der Waals surface area contributed by atoms with Gasteiger partial charge in [-0.05, 0) is 37.1 Å². The molecule has 0 saturated heterocycles. The van der Waals surface area contributed by atoms with Crippen molar-refractivity contribution in [3.05, 3.63) is 58.6 Å². The second-order valence-electron chi connectivity index (χ2n) is 4.56. The minimum atomic E-state index is -0.0179. The summed E-state index contributed by atoms with van der Waals surface area (Å²) in [6.45, 7) is 4.06. The molecule has 2 aromatic rings. The van der Waals surface area contributed by atoms with Crippen LogP contribution in [0.3, 0.4) is 0 Å². The molecule has 3 heteroatoms. The Balaban J connectivity index is 2.35. The van der Waals surface area contributed by atoms with Crippen molar-refractivity contribution in [1.82, 2.24) is 0 Å². The van der Waals surface area contributed by atoms with Gasteiger partial charge < -0.3 is 10.5 Å². The van der Waals surface area contributed by atoms with Gasteiger partial charge in [0.15, 0.2) is 0 Å². The highest BCUT2D eigenvalue weighted by Crippen LogP contribution is 2.32. The van der Waals surface area contributed by atoms with E-state index < -0.39 is 0 Å². The number of hydrogen-bond donors (Lipinski definition) is 1. The van der Waals surface area contributed by atoms with Crippen molar-refractivity contribution < 1.29 is 4.74 Å². The first-order valence-corrected chi connectivity index (χ1v) is 6.78. The molecule has 1 atom stereocenters. The van der Waals surface area contributed by atoms with E-state index >= 15 is 0 Å². The normalized spacial score (nSPS) is 12.2. The minimum Gasteiger partial charge on any atom is -0.457 e. The molecule has 0 aliphatic rings. The Morgan fingerprint density at radius 1 is 1.16 bits per heavy atom. The number of aryl methyl sites for hydroxylation is 1. The van der Waals surface area contributed by atoms with E-state index in [1.165, 1.54) is 0 Å². The van der Waals surface area contributed by atoms with Crippen LogP contribution in [0.1, 0.15) is 30.5 Å². The molecule has 0 unspecified atom stereocenters. The Hall–Kier alpha value is -1.51. The summed E-state index contributed by atoms with van der Waals surface area (Å²) >= 11 is 6.01. The summed E-state index contributed by atoms with van der Waals surface area (Å²) in [6.07, 6.45) is 0.870. The van der Waals surface area contributed by atoms with Crippen LogP contribution < -0.4 is 10.5 Å². The molecule has 2 nitrogen and oxygen atoms in total. The van der Waals surface area contributed by atoms with E-state index in [-0.39, 0.29) is 6.04 Å². The molecule has 0 aliphatic heterocycles. The summed E-state index contributed by atoms with van der Waals surface area (Å²) in [4.78, 5) is 0. The van der Waals surface area contributed by atoms with E-state index in [9.17, 15) is 0 Å². The topological polar surface area (TPSA) is 35.2 Å². The van der Waals surface area contributed by atoms with Gasteiger partial charge in [0, 0.05) is 16.6 Å². The van der Waals surface area contributed by atoms with Crippen molar-refractivity contribution in [2.45, 2.75) is 26.3 Å². The zero-order valence-corrected chi connectivity index (χ0v) is 11.9. The minimum absolute atomic E-state index is 0.0179. The molecule has 0 aliphatic carbocycles. The number of rotatable bonds is 4. The molecule has 0 saturated carbocycles. The fraction of sp³-hybridized carbons (Fsp3) is 0.250. The smallest absolute Gasteiger partial charge is 0.132 e. The van der Waals surface area contributed by atoms with Crippen molar-refractivity contribution >= 4 is 11.6 Å². The quantitative estimate of drug-likeness (QED) is 0.866. The molecule has 0 bridgehead atoms. The van der Waals surface area contributed by atoms with Crippen LogP contribution in [0.2, 0.25) is 5.02 Å². The van der Waals surface area contributed by atoms with E-state index in [0.717, 1.165) is 29.0 Å². The SMILES string of the molecule is CC[C@@H](N)c1ccccc1Oc1cc(Cl)ccc1C. The predicted molar refractivity (Wildman–Crippen MR) is 79.9 cm³/mol. The third-order valence-electron chi connectivity index (χ3n) is 3.13. The van der Waals surface area contributed by atoms with Gasteiger partial charge in [-0.3, -0.25) is 0 Å². The lowest BCUT2D eigenvalue weighted by Gasteiger charge is -2.16. The van der Waals surface area contributed by atoms with E-state index in [0.29, 0.717) is 5.02 Å². The van der Waals surface area contributed by atoms with Crippen LogP contribution in [-0.2, 0) is 0 Å². The van der Waals surface area contributed by atoms with E-state index in [4.69, 9.17) is 22.1 Å². The van der Waals surface area contributed by atoms with E-state index in [1.54, 1.807) is 0 Å². The van der Waals surface area contributed by atoms with Crippen LogP contribution in [0.15, 0.2) is 42.5 Å². The Morgan fingerprint density at radius 3 is 2.63 bits per heavy atom. The Bertz CT molecular complexity index is 568. The molecular formula is C16H18ClNO. The van der Waals surface area contributed by atoms with E-state index in [2.05, 4.69) is 6.92 Å². The highest BCUT2D eigenvalue weighted by Gasteiger charge is 2.11. The fourth-order valence-corrected chi connectivity index (χ4v) is 2.06. The molecule has 0 radical (unpaired) electrons. The highest BCUT2D eigenvalue weighted by atomic mass is 35.5. The maximum absolute atomic E-state index is 6.11. The molecule has 0 spiro atoms. The summed E-state index contributed by atoms with van der Waals surface area (Å²) in [5.74, 6) is 1.56. The number of ether oxygens (including phenoxy) is 1. The Morgan fingerprint density at radius 2 is 1.89 bits per heavy atom. The van der Waals surface area contributed by atoms with Crippen molar-refractivity contribution in [2.75, 3.05) is 0 Å². The van der Waals surface area contributed by atoms with Crippen molar-refractivity contribution in [3.8, 4) is 11.5 Å². The molecule has 0 aromatic heterocycles. The average molecular weight is 276 g/mol. The van der Waals surface area contributed by atoms with Gasteiger partial charge in [0.2, 0.25) is 0 Å². The third-order valence-corrected chi connectivity index (χ3v) is 3.36. The summed E-state index contributed by atoms with van der Waals surface area (Å²) in [7, 11) is 0. The summed E-state index contributed by atoms with van der Waals surface area (Å²) in [5.41, 5.74) is 8.17. The van der Waals surface area contributed by atoms with Crippen LogP contribution in [0, 0.1) is 6.92 Å². The predicted octanol–water partition coefficient (Wildman–Crippen LogP) is 4.85. The van der Waals surface area contributed by atoms with Crippen molar-refractivity contribution in [3.63, 3.8) is 0 Å². The van der Waals surface area contributed by atoms with Gasteiger partial charge in [-0.25, -0.2) is 0 Å². The van der Waals surface area contributed by atoms with Crippen molar-refractivity contribution in [2.24, 2.45) is 5.73 Å². The van der Waals surface area contributed by atoms with Gasteiger partial charge in [-0.2, -0.15) is 0 Å². The standard InChI is InChI=1S/C16H18ClNO/c1-3-14(18)13-6-4-5-7-15(13)19-16-10-12(17)9-8-11(16)2/h4-10,14H,3,18H2,1-2H3/t14-/m1/s1. The number of para-hydroxylation sites is 1. The van der Waals surface area contributed by atoms with Crippen LogP contribution in [-0.4, -0.2) is 0 Å². The van der Waals surface area contributed by atoms with Gasteiger partial charge in [0.05, 0.1) is 0 Å². The molecule has 0 fully saturated rings. The van der Waals surface area contributed by atoms with Crippen LogP contribution in [0.5, 0.6) is 11.5 Å². The van der Waals surface area contributed by atoms with Gasteiger partial charge in [0.1, 0.15) is 11.5 Å². The molecular weight excluding hydrogens is 258 g/mol. The maximum atomic E-state index is 6.11. The highest BCUT2D eigenvalue weighted by molar-refractivity contribution is 6.30. The molecule has 0 amide bonds. The maximum Gasteiger partial charge on any atom is 0.132 e. The molecule has 19 heavy (non-hydrogen) atoms. The number of benzene rings is 2. The average Bonchev–Trinajstić information content (AvgIpc) is 2.42. The molecule has 2 rings (SSSR count). The lowest BCUT2D eigenvalue weighted by Crippen LogP contribution is -2.09. The van der Waals surface area contributed by atoms with Gasteiger partial charge in [-0.15, -0.1) is 0 Å². The molecule has 0 heterocycles. The number of halogens is 1. The summed E-state index contributed by atoms with van der Waals surface area (Å²) in [6, 6.07) is 13.5. The van der Waals surface area contributed by atoms with Crippen LogP contribution in [0.4, 0.5) is 0 Å². The van der Waals surface area contributed by atoms with Crippen LogP contribution >= 0.6 is 11.6 Å². The van der Waals surface area contributed by atoms with Crippen LogP contribution in [0.25, 0.3) is 0 Å². The zero-order valence-electron chi connectivity index (χ0n) is 11.2. The van der Waals surface area contributed by atoms with Gasteiger partial charge in [0.25, 0.3) is 0 Å². The zero-order chi connectivity index (χ0) is 13.8. The molecule has 100 valence electrons. The summed E-state index contributed by atoms with van der Waals surface area (Å²) in [5, 5.41) is 0.665. The lowest BCUT2D eigenvalue weighted by atomic mass is 10.0. The van der Waals surface area contributed by atoms with Gasteiger partial charge >= 0.3 is 0 Å². The van der Waals surface area contributed by atoms with Gasteiger partial charge in [-0.1, -0.05) is 42.8 Å². The first-order valence-electron chi connectivity index (χ1n) is 6.40. The first kappa shape index (κ1) is 13.9. The summed E-state index contributed by atoms with van der Waals surface area (Å²) < 4.78 is 5.98. The van der Waals surface area contributed by atoms with E-state index in [1.807, 2.05) is 49.4 Å². The van der Waals surface area contributed by atoms with Crippen molar-refractivity contribution in [1.29, 1.82) is 0 Å². The number of nitrogens with two attached hydrogens (primary N) is 1. The monoisotopic (exact) mass is 275 g/mol. The largest absolute Gasteiger partial charge is 0.457 e. The lowest BCUT2D eigenvalue weighted by molar-refractivity contribution is 0.465. The fourth-order valence-electron chi connectivity index (χ4n) is 1.90. The first-order chi connectivity index (χ1) is 9.11. The second kappa shape index (κ2) is 6.09. The number of hydrogen-bond acceptors (Lipinski definition) is 2. The molecule has 2 N–H and O–H groups in total. The third kappa shape index (κ3) is 3.28. The Kier molecular flexibility index (Phi) is 4.46.